The Morgan fingerprint density at radius 1 is 1.58 bits per heavy atom. The third kappa shape index (κ3) is 1.92. The fourth-order valence-corrected chi connectivity index (χ4v) is 1.47. The number of nitrogen functional groups attached to an aromatic ring is 1. The molecule has 1 heterocycles. The summed E-state index contributed by atoms with van der Waals surface area (Å²) in [7, 11) is 0. The molecule has 5 heteroatoms. The van der Waals surface area contributed by atoms with Crippen molar-refractivity contribution in [3.05, 3.63) is 5.82 Å². The lowest BCUT2D eigenvalue weighted by Crippen LogP contribution is -2.23. The first-order valence-electron chi connectivity index (χ1n) is 3.80. The smallest absolute Gasteiger partial charge is 0.200 e. The van der Waals surface area contributed by atoms with E-state index in [4.69, 9.17) is 10.5 Å². The van der Waals surface area contributed by atoms with E-state index < -0.39 is 5.60 Å². The number of anilines is 1. The number of ether oxygens (including phenoxy) is 1. The fourth-order valence-electron chi connectivity index (χ4n) is 0.905. The van der Waals surface area contributed by atoms with Crippen molar-refractivity contribution < 1.29 is 4.74 Å². The van der Waals surface area contributed by atoms with Gasteiger partial charge in [-0.05, 0) is 20.8 Å². The summed E-state index contributed by atoms with van der Waals surface area (Å²) in [5, 5.41) is 0.484. The highest BCUT2D eigenvalue weighted by molar-refractivity contribution is 7.09. The first-order valence-corrected chi connectivity index (χ1v) is 4.57. The summed E-state index contributed by atoms with van der Waals surface area (Å²) in [4.78, 5) is 4.06. The molecule has 0 saturated carbocycles. The zero-order valence-corrected chi connectivity index (χ0v) is 8.31. The van der Waals surface area contributed by atoms with Crippen molar-refractivity contribution in [1.29, 1.82) is 0 Å². The van der Waals surface area contributed by atoms with Crippen molar-refractivity contribution in [3.8, 4) is 0 Å². The summed E-state index contributed by atoms with van der Waals surface area (Å²) in [6.45, 7) is 6.44. The van der Waals surface area contributed by atoms with Gasteiger partial charge in [0.25, 0.3) is 0 Å². The van der Waals surface area contributed by atoms with Gasteiger partial charge in [0.2, 0.25) is 0 Å². The second-order valence-corrected chi connectivity index (χ2v) is 3.68. The minimum absolute atomic E-state index is 0.428. The molecule has 0 amide bonds. The van der Waals surface area contributed by atoms with Gasteiger partial charge in [-0.25, -0.2) is 4.98 Å². The standard InChI is InChI=1S/C7H13N3OS/c1-4-11-7(2,3)5-9-6(8)12-10-5/h4H2,1-3H3,(H2,8,9,10). The van der Waals surface area contributed by atoms with Crippen LogP contribution in [0.2, 0.25) is 0 Å². The van der Waals surface area contributed by atoms with Gasteiger partial charge in [-0.1, -0.05) is 0 Å². The molecule has 1 rings (SSSR count). The molecule has 0 spiro atoms. The molecule has 0 atom stereocenters. The summed E-state index contributed by atoms with van der Waals surface area (Å²) < 4.78 is 9.54. The lowest BCUT2D eigenvalue weighted by atomic mass is 10.1. The van der Waals surface area contributed by atoms with Gasteiger partial charge in [0.1, 0.15) is 5.60 Å². The summed E-state index contributed by atoms with van der Waals surface area (Å²) >= 11 is 1.19. The minimum atomic E-state index is -0.428. The molecule has 0 bridgehead atoms. The van der Waals surface area contributed by atoms with Crippen LogP contribution < -0.4 is 5.73 Å². The molecule has 12 heavy (non-hydrogen) atoms. The number of hydrogen-bond acceptors (Lipinski definition) is 5. The fraction of sp³-hybridized carbons (Fsp3) is 0.714. The molecule has 0 saturated heterocycles. The van der Waals surface area contributed by atoms with E-state index in [1.165, 1.54) is 11.5 Å². The average molecular weight is 187 g/mol. The second-order valence-electron chi connectivity index (χ2n) is 2.90. The molecular formula is C7H13N3OS. The molecule has 68 valence electrons. The summed E-state index contributed by atoms with van der Waals surface area (Å²) in [5.74, 6) is 0.659. The monoisotopic (exact) mass is 187 g/mol. The minimum Gasteiger partial charge on any atom is -0.374 e. The van der Waals surface area contributed by atoms with Gasteiger partial charge in [0.15, 0.2) is 11.0 Å². The van der Waals surface area contributed by atoms with E-state index in [1.54, 1.807) is 0 Å². The SMILES string of the molecule is CCOC(C)(C)c1nsc(N)n1. The van der Waals surface area contributed by atoms with Crippen LogP contribution in [0.25, 0.3) is 0 Å². The highest BCUT2D eigenvalue weighted by Gasteiger charge is 2.25. The van der Waals surface area contributed by atoms with Crippen LogP contribution in [0.3, 0.4) is 0 Å². The number of hydrogen-bond donors (Lipinski definition) is 1. The van der Waals surface area contributed by atoms with Gasteiger partial charge in [-0.2, -0.15) is 4.37 Å². The van der Waals surface area contributed by atoms with E-state index in [0.29, 0.717) is 17.6 Å². The highest BCUT2D eigenvalue weighted by atomic mass is 32.1. The Hall–Kier alpha value is -0.680. The Kier molecular flexibility index (Phi) is 2.64. The van der Waals surface area contributed by atoms with E-state index in [1.807, 2.05) is 20.8 Å². The van der Waals surface area contributed by atoms with Crippen LogP contribution in [-0.2, 0) is 10.3 Å². The summed E-state index contributed by atoms with van der Waals surface area (Å²) in [6.07, 6.45) is 0. The third-order valence-corrected chi connectivity index (χ3v) is 2.03. The van der Waals surface area contributed by atoms with Crippen LogP contribution in [0.5, 0.6) is 0 Å². The van der Waals surface area contributed by atoms with Crippen molar-refractivity contribution in [1.82, 2.24) is 9.36 Å². The van der Waals surface area contributed by atoms with Crippen LogP contribution in [0.15, 0.2) is 0 Å². The molecule has 0 aliphatic rings. The molecule has 0 aliphatic heterocycles. The molecular weight excluding hydrogens is 174 g/mol. The van der Waals surface area contributed by atoms with Crippen molar-refractivity contribution in [2.24, 2.45) is 0 Å². The zero-order chi connectivity index (χ0) is 9.19. The lowest BCUT2D eigenvalue weighted by Gasteiger charge is -2.20. The zero-order valence-electron chi connectivity index (χ0n) is 7.50. The molecule has 0 unspecified atom stereocenters. The third-order valence-electron chi connectivity index (χ3n) is 1.49. The molecule has 2 N–H and O–H groups in total. The van der Waals surface area contributed by atoms with Crippen LogP contribution in [-0.4, -0.2) is 16.0 Å². The molecule has 0 radical (unpaired) electrons. The van der Waals surface area contributed by atoms with E-state index in [2.05, 4.69) is 9.36 Å². The molecule has 0 aliphatic carbocycles. The second kappa shape index (κ2) is 3.37. The average Bonchev–Trinajstić information content (AvgIpc) is 2.36. The van der Waals surface area contributed by atoms with Crippen molar-refractivity contribution in [3.63, 3.8) is 0 Å². The van der Waals surface area contributed by atoms with Crippen LogP contribution >= 0.6 is 11.5 Å². The number of rotatable bonds is 3. The maximum absolute atomic E-state index is 5.46. The van der Waals surface area contributed by atoms with E-state index in [9.17, 15) is 0 Å². The topological polar surface area (TPSA) is 61.0 Å². The summed E-state index contributed by atoms with van der Waals surface area (Å²) in [6, 6.07) is 0. The van der Waals surface area contributed by atoms with Gasteiger partial charge in [-0.3, -0.25) is 0 Å². The van der Waals surface area contributed by atoms with Crippen molar-refractivity contribution in [2.75, 3.05) is 12.3 Å². The highest BCUT2D eigenvalue weighted by Crippen LogP contribution is 2.23. The maximum atomic E-state index is 5.46. The van der Waals surface area contributed by atoms with Gasteiger partial charge < -0.3 is 10.5 Å². The predicted molar refractivity (Wildman–Crippen MR) is 49.0 cm³/mol. The molecule has 1 aromatic rings. The first-order chi connectivity index (χ1) is 5.56. The Labute approximate surface area is 75.9 Å². The number of aromatic nitrogens is 2. The van der Waals surface area contributed by atoms with Gasteiger partial charge in [0.05, 0.1) is 0 Å². The normalized spacial score (nSPS) is 11.9. The van der Waals surface area contributed by atoms with Crippen LogP contribution in [0, 0.1) is 0 Å². The number of nitrogens with zero attached hydrogens (tertiary/aromatic N) is 2. The van der Waals surface area contributed by atoms with Gasteiger partial charge in [-0.15, -0.1) is 0 Å². The Balaban J connectivity index is 2.81. The molecule has 4 nitrogen and oxygen atoms in total. The summed E-state index contributed by atoms with van der Waals surface area (Å²) in [5.41, 5.74) is 5.03. The quantitative estimate of drug-likeness (QED) is 0.776. The van der Waals surface area contributed by atoms with E-state index in [0.717, 1.165) is 0 Å². The Morgan fingerprint density at radius 2 is 2.25 bits per heavy atom. The maximum Gasteiger partial charge on any atom is 0.200 e. The largest absolute Gasteiger partial charge is 0.374 e. The Bertz CT molecular complexity index is 259. The van der Waals surface area contributed by atoms with E-state index in [-0.39, 0.29) is 0 Å². The van der Waals surface area contributed by atoms with Gasteiger partial charge in [0, 0.05) is 18.1 Å². The van der Waals surface area contributed by atoms with Gasteiger partial charge >= 0.3 is 0 Å². The first kappa shape index (κ1) is 9.41. The molecule has 0 fully saturated rings. The van der Waals surface area contributed by atoms with Crippen molar-refractivity contribution >= 4 is 16.7 Å². The molecule has 0 aromatic carbocycles. The number of nitrogens with two attached hydrogens (primary N) is 1. The van der Waals surface area contributed by atoms with Crippen molar-refractivity contribution in [2.45, 2.75) is 26.4 Å². The van der Waals surface area contributed by atoms with Crippen LogP contribution in [0.4, 0.5) is 5.13 Å². The Morgan fingerprint density at radius 3 is 2.67 bits per heavy atom. The van der Waals surface area contributed by atoms with Crippen LogP contribution in [0.1, 0.15) is 26.6 Å². The lowest BCUT2D eigenvalue weighted by molar-refractivity contribution is -0.0198. The predicted octanol–water partition coefficient (Wildman–Crippen LogP) is 1.39. The molecule has 1 aromatic heterocycles. The van der Waals surface area contributed by atoms with E-state index >= 15 is 0 Å².